The number of hydrogen-bond donors (Lipinski definition) is 2. The van der Waals surface area contributed by atoms with Crippen LogP contribution in [0.1, 0.15) is 19.5 Å². The third-order valence-electron chi connectivity index (χ3n) is 4.60. The van der Waals surface area contributed by atoms with Gasteiger partial charge < -0.3 is 15.0 Å². The molecule has 0 aliphatic heterocycles. The maximum absolute atomic E-state index is 11.7. The van der Waals surface area contributed by atoms with Crippen LogP contribution in [-0.2, 0) is 16.1 Å². The third kappa shape index (κ3) is 4.18. The van der Waals surface area contributed by atoms with Crippen molar-refractivity contribution in [3.8, 4) is 0 Å². The number of carbonyl (C=O) groups is 2. The van der Waals surface area contributed by atoms with Crippen molar-refractivity contribution in [2.24, 2.45) is 0 Å². The molecule has 1 heterocycles. The van der Waals surface area contributed by atoms with Crippen LogP contribution >= 0.6 is 23.4 Å². The summed E-state index contributed by atoms with van der Waals surface area (Å²) in [5, 5.41) is 14.2. The smallest absolute Gasteiger partial charge is 0.323 e. The molecule has 0 bridgehead atoms. The van der Waals surface area contributed by atoms with Gasteiger partial charge in [-0.15, -0.1) is 0 Å². The molecule has 7 heteroatoms. The van der Waals surface area contributed by atoms with Gasteiger partial charge in [-0.05, 0) is 57.2 Å². The number of carboxylic acid groups (broad SMARTS) is 1. The molecule has 2 N–H and O–H groups in total. The second-order valence-corrected chi connectivity index (χ2v) is 8.15. The molecule has 3 aromatic rings. The summed E-state index contributed by atoms with van der Waals surface area (Å²) in [6, 6.07) is 12.9. The normalized spacial score (nSPS) is 12.1. The van der Waals surface area contributed by atoms with Crippen molar-refractivity contribution in [3.05, 3.63) is 53.2 Å². The summed E-state index contributed by atoms with van der Waals surface area (Å²) >= 11 is 7.55. The molecule has 0 saturated heterocycles. The molecule has 0 fully saturated rings. The second-order valence-electron chi connectivity index (χ2n) is 6.63. The van der Waals surface area contributed by atoms with Crippen LogP contribution in [0.2, 0.25) is 5.02 Å². The predicted octanol–water partition coefficient (Wildman–Crippen LogP) is 5.23. The fourth-order valence-corrected chi connectivity index (χ4v) is 4.24. The van der Waals surface area contributed by atoms with Crippen molar-refractivity contribution < 1.29 is 14.7 Å². The summed E-state index contributed by atoms with van der Waals surface area (Å²) in [6.07, 6.45) is 0. The number of carboxylic acids is 1. The largest absolute Gasteiger partial charge is 0.480 e. The molecule has 0 saturated carbocycles. The van der Waals surface area contributed by atoms with Crippen molar-refractivity contribution in [2.45, 2.75) is 43.1 Å². The van der Waals surface area contributed by atoms with E-state index >= 15 is 0 Å². The highest BCUT2D eigenvalue weighted by molar-refractivity contribution is 7.99. The highest BCUT2D eigenvalue weighted by Crippen LogP contribution is 2.42. The number of benzene rings is 2. The molecular formula is C21H21ClN2O3S. The summed E-state index contributed by atoms with van der Waals surface area (Å²) in [5.74, 6) is -0.871. The number of ketones is 1. The van der Waals surface area contributed by atoms with Crippen molar-refractivity contribution in [3.63, 3.8) is 0 Å². The van der Waals surface area contributed by atoms with Crippen molar-refractivity contribution in [1.29, 1.82) is 0 Å². The molecule has 146 valence electrons. The number of carbonyl (C=O) groups excluding carboxylic acids is 1. The molecule has 1 aromatic heterocycles. The van der Waals surface area contributed by atoms with Gasteiger partial charge in [-0.3, -0.25) is 9.59 Å². The highest BCUT2D eigenvalue weighted by atomic mass is 35.5. The Balaban J connectivity index is 2.18. The van der Waals surface area contributed by atoms with Gasteiger partial charge in [0.05, 0.1) is 11.6 Å². The highest BCUT2D eigenvalue weighted by Gasteiger charge is 2.20. The zero-order valence-corrected chi connectivity index (χ0v) is 17.4. The van der Waals surface area contributed by atoms with E-state index in [2.05, 4.69) is 5.32 Å². The molecule has 0 aliphatic carbocycles. The van der Waals surface area contributed by atoms with E-state index < -0.39 is 5.97 Å². The zero-order chi connectivity index (χ0) is 20.4. The Hall–Kier alpha value is -2.44. The van der Waals surface area contributed by atoms with E-state index in [0.29, 0.717) is 5.02 Å². The van der Waals surface area contributed by atoms with E-state index in [1.54, 1.807) is 23.3 Å². The van der Waals surface area contributed by atoms with E-state index in [0.717, 1.165) is 32.1 Å². The lowest BCUT2D eigenvalue weighted by Crippen LogP contribution is -2.23. The molecule has 0 aliphatic rings. The first-order valence-corrected chi connectivity index (χ1v) is 10.0. The van der Waals surface area contributed by atoms with Gasteiger partial charge in [0, 0.05) is 31.6 Å². The zero-order valence-electron chi connectivity index (χ0n) is 15.8. The minimum atomic E-state index is -0.904. The summed E-state index contributed by atoms with van der Waals surface area (Å²) in [6.45, 7) is 5.14. The first-order valence-electron chi connectivity index (χ1n) is 8.82. The van der Waals surface area contributed by atoms with Gasteiger partial charge >= 0.3 is 5.97 Å². The minimum Gasteiger partial charge on any atom is -0.480 e. The Labute approximate surface area is 172 Å². The van der Waals surface area contributed by atoms with E-state index in [1.165, 1.54) is 0 Å². The Morgan fingerprint density at radius 1 is 1.21 bits per heavy atom. The number of rotatable bonds is 7. The van der Waals surface area contributed by atoms with Gasteiger partial charge in [-0.25, -0.2) is 0 Å². The van der Waals surface area contributed by atoms with Crippen LogP contribution in [0.25, 0.3) is 10.9 Å². The number of anilines is 1. The average molecular weight is 417 g/mol. The lowest BCUT2D eigenvalue weighted by atomic mass is 10.1. The lowest BCUT2D eigenvalue weighted by molar-refractivity contribution is -0.137. The van der Waals surface area contributed by atoms with Gasteiger partial charge in [-0.2, -0.15) is 0 Å². The number of nitrogens with one attached hydrogen (secondary N) is 1. The van der Waals surface area contributed by atoms with Gasteiger partial charge in [0.15, 0.2) is 5.78 Å². The van der Waals surface area contributed by atoms with Crippen LogP contribution in [0.5, 0.6) is 0 Å². The standard InChI is InChI=1S/C21H21ClN2O3S/c1-12(14(3)25)23-17-5-4-6-18-20(17)21(13(2)24(18)11-19(26)27)28-16-9-7-15(22)8-10-16/h4-10,12,23H,11H2,1-3H3,(H,26,27). The quantitative estimate of drug-likeness (QED) is 0.551. The summed E-state index contributed by atoms with van der Waals surface area (Å²) < 4.78 is 1.79. The SMILES string of the molecule is CC(=O)C(C)Nc1cccc2c1c(Sc1ccc(Cl)cc1)c(C)n2CC(=O)O. The molecule has 28 heavy (non-hydrogen) atoms. The van der Waals surface area contributed by atoms with Gasteiger partial charge in [0.1, 0.15) is 6.54 Å². The van der Waals surface area contributed by atoms with Crippen LogP contribution < -0.4 is 5.32 Å². The lowest BCUT2D eigenvalue weighted by Gasteiger charge is -2.14. The van der Waals surface area contributed by atoms with E-state index in [4.69, 9.17) is 11.6 Å². The summed E-state index contributed by atoms with van der Waals surface area (Å²) in [7, 11) is 0. The Bertz CT molecular complexity index is 1040. The van der Waals surface area contributed by atoms with Gasteiger partial charge in [0.25, 0.3) is 0 Å². The van der Waals surface area contributed by atoms with E-state index in [1.807, 2.05) is 56.3 Å². The Morgan fingerprint density at radius 2 is 1.89 bits per heavy atom. The van der Waals surface area contributed by atoms with E-state index in [9.17, 15) is 14.7 Å². The fraction of sp³-hybridized carbons (Fsp3) is 0.238. The van der Waals surface area contributed by atoms with Crippen molar-refractivity contribution in [2.75, 3.05) is 5.32 Å². The topological polar surface area (TPSA) is 71.3 Å². The molecule has 1 unspecified atom stereocenters. The van der Waals surface area contributed by atoms with Gasteiger partial charge in [-0.1, -0.05) is 29.4 Å². The number of aromatic nitrogens is 1. The van der Waals surface area contributed by atoms with Crippen molar-refractivity contribution >= 4 is 51.7 Å². The van der Waals surface area contributed by atoms with E-state index in [-0.39, 0.29) is 18.4 Å². The molecule has 0 radical (unpaired) electrons. The number of fused-ring (bicyclic) bond motifs is 1. The van der Waals surface area contributed by atoms with Crippen LogP contribution in [0, 0.1) is 6.92 Å². The molecule has 0 spiro atoms. The first kappa shape index (κ1) is 20.3. The second kappa shape index (κ2) is 8.29. The minimum absolute atomic E-state index is 0.0330. The predicted molar refractivity (Wildman–Crippen MR) is 114 cm³/mol. The molecular weight excluding hydrogens is 396 g/mol. The average Bonchev–Trinajstić information content (AvgIpc) is 2.89. The number of Topliss-reactive ketones (excluding diaryl/α,β-unsaturated/α-hetero) is 1. The third-order valence-corrected chi connectivity index (χ3v) is 6.07. The monoisotopic (exact) mass is 416 g/mol. The summed E-state index contributed by atoms with van der Waals surface area (Å²) in [5.41, 5.74) is 2.49. The fourth-order valence-electron chi connectivity index (χ4n) is 3.03. The molecule has 1 atom stereocenters. The van der Waals surface area contributed by atoms with Crippen LogP contribution in [0.4, 0.5) is 5.69 Å². The number of hydrogen-bond acceptors (Lipinski definition) is 4. The maximum atomic E-state index is 11.7. The summed E-state index contributed by atoms with van der Waals surface area (Å²) in [4.78, 5) is 25.1. The number of nitrogens with zero attached hydrogens (tertiary/aromatic N) is 1. The molecule has 2 aromatic carbocycles. The van der Waals surface area contributed by atoms with Crippen molar-refractivity contribution in [1.82, 2.24) is 4.57 Å². The van der Waals surface area contributed by atoms with Gasteiger partial charge in [0.2, 0.25) is 0 Å². The van der Waals surface area contributed by atoms with Crippen LogP contribution in [0.3, 0.4) is 0 Å². The molecule has 0 amide bonds. The van der Waals surface area contributed by atoms with Crippen LogP contribution in [0.15, 0.2) is 52.3 Å². The molecule has 5 nitrogen and oxygen atoms in total. The van der Waals surface area contributed by atoms with Crippen LogP contribution in [-0.4, -0.2) is 27.5 Å². The number of aliphatic carboxylic acids is 1. The number of halogens is 1. The maximum Gasteiger partial charge on any atom is 0.323 e. The first-order chi connectivity index (χ1) is 13.3. The Kier molecular flexibility index (Phi) is 6.01. The Morgan fingerprint density at radius 3 is 2.50 bits per heavy atom. The molecule has 3 rings (SSSR count).